The van der Waals surface area contributed by atoms with Gasteiger partial charge >= 0.3 is 0 Å². The highest BCUT2D eigenvalue weighted by Crippen LogP contribution is 2.27. The van der Waals surface area contributed by atoms with Crippen molar-refractivity contribution in [1.29, 1.82) is 0 Å². The van der Waals surface area contributed by atoms with Gasteiger partial charge in [-0.15, -0.1) is 0 Å². The Bertz CT molecular complexity index is 342. The second-order valence-electron chi connectivity index (χ2n) is 3.97. The Hall–Kier alpha value is -0.280. The molecule has 0 aromatic heterocycles. The van der Waals surface area contributed by atoms with E-state index in [2.05, 4.69) is 18.9 Å². The summed E-state index contributed by atoms with van der Waals surface area (Å²) in [6.45, 7) is 3.85. The maximum atomic E-state index is 6.00. The van der Waals surface area contributed by atoms with Crippen LogP contribution in [0.25, 0.3) is 0 Å². The van der Waals surface area contributed by atoms with Crippen LogP contribution in [0.4, 0.5) is 0 Å². The second-order valence-corrected chi connectivity index (χ2v) is 4.79. The summed E-state index contributed by atoms with van der Waals surface area (Å²) < 4.78 is 0. The molecule has 90 valence electrons. The number of halogens is 2. The van der Waals surface area contributed by atoms with E-state index in [1.807, 2.05) is 18.2 Å². The molecule has 0 bridgehead atoms. The van der Waals surface area contributed by atoms with Gasteiger partial charge in [0, 0.05) is 6.04 Å². The van der Waals surface area contributed by atoms with Crippen molar-refractivity contribution < 1.29 is 0 Å². The third-order valence-corrected chi connectivity index (χ3v) is 3.54. The van der Waals surface area contributed by atoms with Crippen molar-refractivity contribution in [2.24, 2.45) is 5.73 Å². The van der Waals surface area contributed by atoms with E-state index in [0.717, 1.165) is 19.5 Å². The molecule has 0 aliphatic carbocycles. The van der Waals surface area contributed by atoms with Gasteiger partial charge in [0.15, 0.2) is 0 Å². The molecule has 0 spiro atoms. The van der Waals surface area contributed by atoms with Crippen LogP contribution in [0.15, 0.2) is 18.2 Å². The number of benzene rings is 1. The Labute approximate surface area is 107 Å². The van der Waals surface area contributed by atoms with Crippen molar-refractivity contribution in [2.45, 2.75) is 19.4 Å². The van der Waals surface area contributed by atoms with Crippen LogP contribution >= 0.6 is 23.2 Å². The van der Waals surface area contributed by atoms with Crippen LogP contribution in [0, 0.1) is 0 Å². The molecule has 0 aliphatic heterocycles. The highest BCUT2D eigenvalue weighted by molar-refractivity contribution is 6.42. The Kier molecular flexibility index (Phi) is 5.56. The average Bonchev–Trinajstić information content (AvgIpc) is 2.28. The molecule has 1 aromatic carbocycles. The van der Waals surface area contributed by atoms with Gasteiger partial charge in [-0.05, 0) is 51.2 Å². The molecule has 4 heteroatoms. The summed E-state index contributed by atoms with van der Waals surface area (Å²) in [6.07, 6.45) is 1.00. The van der Waals surface area contributed by atoms with E-state index < -0.39 is 0 Å². The first kappa shape index (κ1) is 13.8. The van der Waals surface area contributed by atoms with Gasteiger partial charge in [0.2, 0.25) is 0 Å². The highest BCUT2D eigenvalue weighted by atomic mass is 35.5. The zero-order valence-corrected chi connectivity index (χ0v) is 11.2. The molecule has 1 aromatic rings. The summed E-state index contributed by atoms with van der Waals surface area (Å²) in [5.74, 6) is 0. The molecule has 0 saturated carbocycles. The monoisotopic (exact) mass is 260 g/mol. The quantitative estimate of drug-likeness (QED) is 0.880. The number of nitrogens with zero attached hydrogens (tertiary/aromatic N) is 1. The molecule has 0 radical (unpaired) electrons. The van der Waals surface area contributed by atoms with E-state index >= 15 is 0 Å². The Balaban J connectivity index is 2.71. The molecule has 0 fully saturated rings. The summed E-state index contributed by atoms with van der Waals surface area (Å²) in [7, 11) is 2.09. The van der Waals surface area contributed by atoms with Crippen LogP contribution < -0.4 is 5.73 Å². The van der Waals surface area contributed by atoms with Crippen molar-refractivity contribution in [3.8, 4) is 0 Å². The van der Waals surface area contributed by atoms with Crippen LogP contribution in [0.3, 0.4) is 0 Å². The predicted molar refractivity (Wildman–Crippen MR) is 71.2 cm³/mol. The Morgan fingerprint density at radius 1 is 1.31 bits per heavy atom. The number of rotatable bonds is 5. The maximum absolute atomic E-state index is 6.00. The van der Waals surface area contributed by atoms with Crippen molar-refractivity contribution in [2.75, 3.05) is 20.1 Å². The zero-order chi connectivity index (χ0) is 12.1. The van der Waals surface area contributed by atoms with Crippen molar-refractivity contribution in [3.05, 3.63) is 33.8 Å². The van der Waals surface area contributed by atoms with E-state index in [-0.39, 0.29) is 0 Å². The fraction of sp³-hybridized carbons (Fsp3) is 0.500. The van der Waals surface area contributed by atoms with E-state index in [4.69, 9.17) is 28.9 Å². The Morgan fingerprint density at radius 2 is 2.00 bits per heavy atom. The smallest absolute Gasteiger partial charge is 0.0595 e. The normalized spacial score (nSPS) is 13.1. The molecule has 1 unspecified atom stereocenters. The van der Waals surface area contributed by atoms with Crippen LogP contribution in [0.2, 0.25) is 10.0 Å². The summed E-state index contributed by atoms with van der Waals surface area (Å²) in [4.78, 5) is 2.26. The lowest BCUT2D eigenvalue weighted by Gasteiger charge is -2.25. The first-order chi connectivity index (χ1) is 7.56. The second kappa shape index (κ2) is 6.45. The fourth-order valence-corrected chi connectivity index (χ4v) is 1.87. The minimum atomic E-state index is 0.321. The summed E-state index contributed by atoms with van der Waals surface area (Å²) >= 11 is 11.9. The van der Waals surface area contributed by atoms with Gasteiger partial charge in [-0.1, -0.05) is 29.3 Å². The van der Waals surface area contributed by atoms with Crippen molar-refractivity contribution >= 4 is 23.2 Å². The number of hydrogen-bond donors (Lipinski definition) is 1. The van der Waals surface area contributed by atoms with Crippen LogP contribution in [0.5, 0.6) is 0 Å². The molecular formula is C12H18Cl2N2. The van der Waals surface area contributed by atoms with E-state index in [0.29, 0.717) is 16.1 Å². The van der Waals surface area contributed by atoms with Crippen LogP contribution in [0.1, 0.15) is 24.9 Å². The molecular weight excluding hydrogens is 243 g/mol. The lowest BCUT2D eigenvalue weighted by molar-refractivity contribution is 0.260. The number of hydrogen-bond acceptors (Lipinski definition) is 2. The molecule has 1 atom stereocenters. The van der Waals surface area contributed by atoms with E-state index in [1.54, 1.807) is 0 Å². The minimum Gasteiger partial charge on any atom is -0.330 e. The third-order valence-electron chi connectivity index (χ3n) is 2.80. The van der Waals surface area contributed by atoms with E-state index in [9.17, 15) is 0 Å². The molecule has 1 rings (SSSR count). The summed E-state index contributed by atoms with van der Waals surface area (Å²) in [5, 5.41) is 1.21. The molecule has 2 N–H and O–H groups in total. The maximum Gasteiger partial charge on any atom is 0.0595 e. The SMILES string of the molecule is CC(c1ccc(Cl)c(Cl)c1)N(C)CCCN. The van der Waals surface area contributed by atoms with Crippen LogP contribution in [-0.2, 0) is 0 Å². The Morgan fingerprint density at radius 3 is 2.56 bits per heavy atom. The lowest BCUT2D eigenvalue weighted by atomic mass is 10.1. The van der Waals surface area contributed by atoms with Gasteiger partial charge in [0.1, 0.15) is 0 Å². The third kappa shape index (κ3) is 3.63. The molecule has 2 nitrogen and oxygen atoms in total. The van der Waals surface area contributed by atoms with Crippen molar-refractivity contribution in [3.63, 3.8) is 0 Å². The predicted octanol–water partition coefficient (Wildman–Crippen LogP) is 3.34. The van der Waals surface area contributed by atoms with Gasteiger partial charge in [0.25, 0.3) is 0 Å². The molecule has 0 aliphatic rings. The average molecular weight is 261 g/mol. The fourth-order valence-electron chi connectivity index (χ4n) is 1.56. The van der Waals surface area contributed by atoms with Gasteiger partial charge < -0.3 is 5.73 Å². The topological polar surface area (TPSA) is 29.3 Å². The summed E-state index contributed by atoms with van der Waals surface area (Å²) in [5.41, 5.74) is 6.67. The molecule has 0 heterocycles. The van der Waals surface area contributed by atoms with Gasteiger partial charge in [-0.3, -0.25) is 4.90 Å². The number of nitrogens with two attached hydrogens (primary N) is 1. The molecule has 0 saturated heterocycles. The van der Waals surface area contributed by atoms with Crippen molar-refractivity contribution in [1.82, 2.24) is 4.90 Å². The minimum absolute atomic E-state index is 0.321. The molecule has 16 heavy (non-hydrogen) atoms. The zero-order valence-electron chi connectivity index (χ0n) is 9.71. The standard InChI is InChI=1S/C12H18Cl2N2/c1-9(16(2)7-3-6-15)10-4-5-11(13)12(14)8-10/h4-5,8-9H,3,6-7,15H2,1-2H3. The first-order valence-corrected chi connectivity index (χ1v) is 6.17. The lowest BCUT2D eigenvalue weighted by Crippen LogP contribution is -2.25. The summed E-state index contributed by atoms with van der Waals surface area (Å²) in [6, 6.07) is 6.10. The van der Waals surface area contributed by atoms with Gasteiger partial charge in [0.05, 0.1) is 10.0 Å². The molecule has 0 amide bonds. The van der Waals surface area contributed by atoms with Gasteiger partial charge in [-0.25, -0.2) is 0 Å². The van der Waals surface area contributed by atoms with Gasteiger partial charge in [-0.2, -0.15) is 0 Å². The highest BCUT2D eigenvalue weighted by Gasteiger charge is 2.12. The van der Waals surface area contributed by atoms with Crippen LogP contribution in [-0.4, -0.2) is 25.0 Å². The largest absolute Gasteiger partial charge is 0.330 e. The first-order valence-electron chi connectivity index (χ1n) is 5.41. The van der Waals surface area contributed by atoms with E-state index in [1.165, 1.54) is 5.56 Å².